The number of nitrogens with one attached hydrogen (secondary N) is 3. The quantitative estimate of drug-likeness (QED) is 0.131. The van der Waals surface area contributed by atoms with Crippen LogP contribution in [0.5, 0.6) is 0 Å². The van der Waals surface area contributed by atoms with Gasteiger partial charge in [-0.25, -0.2) is 14.8 Å². The highest BCUT2D eigenvalue weighted by atomic mass is 16.5. The lowest BCUT2D eigenvalue weighted by Gasteiger charge is -2.30. The third-order valence-corrected chi connectivity index (χ3v) is 12.4. The Morgan fingerprint density at radius 2 is 1.49 bits per heavy atom. The van der Waals surface area contributed by atoms with Crippen LogP contribution >= 0.6 is 0 Å². The van der Waals surface area contributed by atoms with Gasteiger partial charge >= 0.3 is 6.09 Å². The van der Waals surface area contributed by atoms with Crippen LogP contribution in [0.4, 0.5) is 4.79 Å². The van der Waals surface area contributed by atoms with Crippen molar-refractivity contribution >= 4 is 39.7 Å². The third-order valence-electron chi connectivity index (χ3n) is 12.4. The summed E-state index contributed by atoms with van der Waals surface area (Å²) in [6, 6.07) is 18.4. The van der Waals surface area contributed by atoms with Crippen LogP contribution in [0.15, 0.2) is 60.8 Å². The normalized spacial score (nSPS) is 21.2. The first-order chi connectivity index (χ1) is 26.5. The van der Waals surface area contributed by atoms with Crippen LogP contribution in [0.1, 0.15) is 90.5 Å². The Bertz CT molecular complexity index is 2240. The fraction of sp³-hybridized carbons (Fsp3) is 0.477. The highest BCUT2D eigenvalue weighted by molar-refractivity contribution is 5.92. The van der Waals surface area contributed by atoms with Crippen molar-refractivity contribution in [3.05, 3.63) is 72.4 Å². The first kappa shape index (κ1) is 36.8. The number of ether oxygens (including phenoxy) is 1. The van der Waals surface area contributed by atoms with Crippen molar-refractivity contribution in [3.63, 3.8) is 0 Å². The molecular formula is C44H53N7O4. The summed E-state index contributed by atoms with van der Waals surface area (Å²) in [6.45, 7) is 11.6. The number of aromatic amines is 2. The van der Waals surface area contributed by atoms with Gasteiger partial charge in [0, 0.05) is 24.6 Å². The number of aromatic nitrogens is 4. The van der Waals surface area contributed by atoms with E-state index in [0.717, 1.165) is 87.6 Å². The molecule has 4 heterocycles. The number of rotatable bonds is 10. The van der Waals surface area contributed by atoms with E-state index in [1.165, 1.54) is 20.0 Å². The lowest BCUT2D eigenvalue weighted by atomic mass is 9.96. The number of likely N-dealkylation sites (tertiary alicyclic amines) is 2. The van der Waals surface area contributed by atoms with E-state index >= 15 is 0 Å². The van der Waals surface area contributed by atoms with E-state index in [9.17, 15) is 14.4 Å². The van der Waals surface area contributed by atoms with Gasteiger partial charge in [-0.2, -0.15) is 0 Å². The maximum atomic E-state index is 13.6. The van der Waals surface area contributed by atoms with Crippen LogP contribution in [0.25, 0.3) is 44.2 Å². The van der Waals surface area contributed by atoms with Crippen molar-refractivity contribution in [2.75, 3.05) is 20.2 Å². The van der Waals surface area contributed by atoms with Crippen molar-refractivity contribution in [3.8, 4) is 22.4 Å². The number of carbonyl (C=O) groups excluding carboxylic acids is 3. The summed E-state index contributed by atoms with van der Waals surface area (Å²) in [7, 11) is 1.30. The fourth-order valence-corrected chi connectivity index (χ4v) is 8.63. The molecule has 11 nitrogen and oxygen atoms in total. The van der Waals surface area contributed by atoms with E-state index in [1.807, 2.05) is 24.9 Å². The molecule has 0 spiro atoms. The minimum atomic E-state index is -0.676. The number of fused-ring (bicyclic) bond motifs is 2. The molecule has 2 aromatic heterocycles. The number of hydrogen-bond donors (Lipinski definition) is 3. The van der Waals surface area contributed by atoms with Crippen LogP contribution in [0, 0.1) is 29.6 Å². The highest BCUT2D eigenvalue weighted by Crippen LogP contribution is 2.47. The van der Waals surface area contributed by atoms with E-state index in [-0.39, 0.29) is 35.7 Å². The zero-order valence-electron chi connectivity index (χ0n) is 32.8. The minimum Gasteiger partial charge on any atom is -0.453 e. The Balaban J connectivity index is 0.999. The predicted octanol–water partition coefficient (Wildman–Crippen LogP) is 8.41. The van der Waals surface area contributed by atoms with Crippen molar-refractivity contribution in [1.29, 1.82) is 0 Å². The number of alkyl carbamates (subject to hydrolysis) is 1. The molecule has 3 fully saturated rings. The van der Waals surface area contributed by atoms with Gasteiger partial charge in [0.1, 0.15) is 17.7 Å². The van der Waals surface area contributed by atoms with Gasteiger partial charge < -0.3 is 29.8 Å². The molecule has 0 unspecified atom stereocenters. The summed E-state index contributed by atoms with van der Waals surface area (Å²) in [6.07, 6.45) is 6.42. The van der Waals surface area contributed by atoms with E-state index in [1.54, 1.807) is 0 Å². The molecule has 288 valence electrons. The molecule has 1 aliphatic carbocycles. The van der Waals surface area contributed by atoms with Crippen molar-refractivity contribution in [2.45, 2.75) is 84.8 Å². The average molecular weight is 744 g/mol. The number of hydrogen-bond acceptors (Lipinski definition) is 6. The maximum Gasteiger partial charge on any atom is 0.407 e. The van der Waals surface area contributed by atoms with E-state index < -0.39 is 12.1 Å². The maximum absolute atomic E-state index is 13.6. The number of H-pyrrole nitrogens is 2. The number of carbonyl (C=O) groups is 3. The first-order valence-corrected chi connectivity index (χ1v) is 20.0. The molecule has 2 saturated heterocycles. The third kappa shape index (κ3) is 7.21. The molecule has 3 amide bonds. The molecule has 11 heteroatoms. The van der Waals surface area contributed by atoms with E-state index in [4.69, 9.17) is 14.7 Å². The summed E-state index contributed by atoms with van der Waals surface area (Å²) < 4.78 is 4.78. The van der Waals surface area contributed by atoms with Gasteiger partial charge in [0.15, 0.2) is 0 Å². The van der Waals surface area contributed by atoms with Gasteiger partial charge in [-0.05, 0) is 102 Å². The number of nitrogens with zero attached hydrogens (tertiary/aromatic N) is 4. The topological polar surface area (TPSA) is 136 Å². The number of methoxy groups -OCH3 is 1. The van der Waals surface area contributed by atoms with Crippen LogP contribution in [0.2, 0.25) is 0 Å². The first-order valence-electron chi connectivity index (χ1n) is 20.0. The highest BCUT2D eigenvalue weighted by Gasteiger charge is 2.45. The molecule has 3 aliphatic rings. The predicted molar refractivity (Wildman–Crippen MR) is 214 cm³/mol. The molecule has 5 aromatic rings. The molecule has 55 heavy (non-hydrogen) atoms. The monoisotopic (exact) mass is 743 g/mol. The second-order valence-corrected chi connectivity index (χ2v) is 16.7. The Hall–Kier alpha value is -5.19. The van der Waals surface area contributed by atoms with Crippen LogP contribution in [0.3, 0.4) is 0 Å². The number of amides is 3. The Morgan fingerprint density at radius 1 is 0.782 bits per heavy atom. The van der Waals surface area contributed by atoms with Gasteiger partial charge in [-0.1, -0.05) is 65.0 Å². The average Bonchev–Trinajstić information content (AvgIpc) is 3.58. The molecule has 0 radical (unpaired) electrons. The Kier molecular flexibility index (Phi) is 9.90. The molecule has 0 bridgehead atoms. The Morgan fingerprint density at radius 3 is 2.20 bits per heavy atom. The molecule has 5 atom stereocenters. The standard InChI is InChI=1S/C44H53N7O4/c1-24(2)26(5)42(52)51-23-33(27-9-10-27)21-38(51)41-46-34-16-15-31(20-35(34)47-41)29-11-12-30-19-32(14-13-28(30)18-29)36-22-45-40(48-36)37-8-7-17-50(37)43(53)39(25(3)4)49-44(54)55-6/h11-16,18-20,22,24-27,33,37-39H,7-10,17,21,23H2,1-6H3,(H,45,48)(H,46,47)(H,49,54)/t26-,33-,37-,38-,39-/m0/s1. The molecule has 1 saturated carbocycles. The van der Waals surface area contributed by atoms with Crippen LogP contribution in [-0.4, -0.2) is 73.9 Å². The van der Waals surface area contributed by atoms with Crippen molar-refractivity contribution in [2.24, 2.45) is 29.6 Å². The van der Waals surface area contributed by atoms with Crippen LogP contribution < -0.4 is 5.32 Å². The second-order valence-electron chi connectivity index (χ2n) is 16.7. The Labute approximate surface area is 322 Å². The summed E-state index contributed by atoms with van der Waals surface area (Å²) >= 11 is 0. The van der Waals surface area contributed by atoms with E-state index in [2.05, 4.69) is 95.6 Å². The zero-order chi connectivity index (χ0) is 38.5. The summed E-state index contributed by atoms with van der Waals surface area (Å²) in [5.74, 6) is 3.25. The van der Waals surface area contributed by atoms with Crippen molar-refractivity contribution in [1.82, 2.24) is 35.1 Å². The summed E-state index contributed by atoms with van der Waals surface area (Å²) in [5.41, 5.74) is 6.03. The van der Waals surface area contributed by atoms with Crippen LogP contribution in [-0.2, 0) is 14.3 Å². The minimum absolute atomic E-state index is 0.0110. The number of benzene rings is 3. The summed E-state index contributed by atoms with van der Waals surface area (Å²) in [5, 5.41) is 4.95. The number of imidazole rings is 2. The molecule has 3 N–H and O–H groups in total. The molecule has 3 aromatic carbocycles. The van der Waals surface area contributed by atoms with Crippen molar-refractivity contribution < 1.29 is 19.1 Å². The SMILES string of the molecule is COC(=O)N[C@H](C(=O)N1CCC[C@H]1c1ncc(-c2ccc3cc(-c4ccc5nc([C@@H]6C[C@H](C7CC7)CN6C(=O)[C@@H](C)C(C)C)[nH]c5c4)ccc3c2)[nH]1)C(C)C. The molecule has 8 rings (SSSR count). The van der Waals surface area contributed by atoms with Gasteiger partial charge in [-0.15, -0.1) is 0 Å². The smallest absolute Gasteiger partial charge is 0.407 e. The van der Waals surface area contributed by atoms with Gasteiger partial charge in [-0.3, -0.25) is 9.59 Å². The zero-order valence-corrected chi connectivity index (χ0v) is 32.8. The van der Waals surface area contributed by atoms with Gasteiger partial charge in [0.2, 0.25) is 11.8 Å². The lowest BCUT2D eigenvalue weighted by molar-refractivity contribution is -0.137. The second kappa shape index (κ2) is 14.8. The summed E-state index contributed by atoms with van der Waals surface area (Å²) in [4.78, 5) is 60.1. The van der Waals surface area contributed by atoms with E-state index in [0.29, 0.717) is 18.4 Å². The molecular weight excluding hydrogens is 691 g/mol. The van der Waals surface area contributed by atoms with Gasteiger partial charge in [0.05, 0.1) is 42.1 Å². The largest absolute Gasteiger partial charge is 0.453 e. The van der Waals surface area contributed by atoms with Gasteiger partial charge in [0.25, 0.3) is 0 Å². The molecule has 2 aliphatic heterocycles. The fourth-order valence-electron chi connectivity index (χ4n) is 8.63. The lowest BCUT2D eigenvalue weighted by Crippen LogP contribution is -2.51.